The molecule has 0 aliphatic heterocycles. The highest BCUT2D eigenvalue weighted by molar-refractivity contribution is 5.67. The van der Waals surface area contributed by atoms with E-state index in [1.54, 1.807) is 0 Å². The third kappa shape index (κ3) is 6.40. The van der Waals surface area contributed by atoms with Crippen LogP contribution < -0.4 is 10.1 Å². The van der Waals surface area contributed by atoms with E-state index in [1.807, 2.05) is 54.6 Å². The molecule has 0 aliphatic carbocycles. The second-order valence-corrected chi connectivity index (χ2v) is 4.95. The Hall–Kier alpha value is -2.53. The minimum atomic E-state index is -0.456. The number of benzene rings is 2. The number of carbonyl (C=O) groups is 1. The highest BCUT2D eigenvalue weighted by Gasteiger charge is 2.02. The molecule has 23 heavy (non-hydrogen) atoms. The summed E-state index contributed by atoms with van der Waals surface area (Å²) in [6.07, 6.45) is 0.708. The van der Waals surface area contributed by atoms with Crippen LogP contribution in [0.2, 0.25) is 0 Å². The quantitative estimate of drug-likeness (QED) is 0.734. The Bertz CT molecular complexity index is 584. The molecule has 0 fully saturated rings. The Labute approximate surface area is 135 Å². The molecule has 5 nitrogen and oxygen atoms in total. The number of ether oxygens (including phenoxy) is 2. The van der Waals surface area contributed by atoms with Crippen LogP contribution in [0.15, 0.2) is 54.6 Å². The lowest BCUT2D eigenvalue weighted by molar-refractivity contribution is 0.135. The molecule has 0 saturated heterocycles. The zero-order chi connectivity index (χ0) is 16.3. The van der Waals surface area contributed by atoms with Crippen LogP contribution in [0.4, 0.5) is 4.79 Å². The monoisotopic (exact) mass is 315 g/mol. The number of rotatable bonds is 8. The van der Waals surface area contributed by atoms with E-state index in [0.29, 0.717) is 19.4 Å². The van der Waals surface area contributed by atoms with Crippen LogP contribution in [0.5, 0.6) is 11.5 Å². The number of alkyl carbamates (subject to hydrolysis) is 1. The molecule has 0 atom stereocenters. The first-order chi connectivity index (χ1) is 11.3. The fourth-order valence-corrected chi connectivity index (χ4v) is 1.94. The van der Waals surface area contributed by atoms with E-state index in [0.717, 1.165) is 17.1 Å². The molecule has 0 unspecified atom stereocenters. The standard InChI is InChI=1S/C18H21NO4/c20-13-4-14-22-18(21)19-12-11-15-7-9-17(10-8-15)23-16-5-2-1-3-6-16/h1-3,5-10,20H,4,11-14H2,(H,19,21). The van der Waals surface area contributed by atoms with Crippen molar-refractivity contribution < 1.29 is 19.4 Å². The van der Waals surface area contributed by atoms with Crippen molar-refractivity contribution in [3.63, 3.8) is 0 Å². The van der Waals surface area contributed by atoms with E-state index >= 15 is 0 Å². The molecular weight excluding hydrogens is 294 g/mol. The summed E-state index contributed by atoms with van der Waals surface area (Å²) in [5.41, 5.74) is 1.10. The molecule has 0 heterocycles. The molecule has 5 heteroatoms. The zero-order valence-corrected chi connectivity index (χ0v) is 12.9. The molecule has 0 saturated carbocycles. The topological polar surface area (TPSA) is 67.8 Å². The SMILES string of the molecule is O=C(NCCc1ccc(Oc2ccccc2)cc1)OCCCO. The van der Waals surface area contributed by atoms with Crippen molar-refractivity contribution in [2.75, 3.05) is 19.8 Å². The van der Waals surface area contributed by atoms with Gasteiger partial charge in [-0.3, -0.25) is 0 Å². The van der Waals surface area contributed by atoms with Crippen molar-refractivity contribution in [1.29, 1.82) is 0 Å². The maximum absolute atomic E-state index is 11.3. The Morgan fingerprint density at radius 1 is 1.00 bits per heavy atom. The van der Waals surface area contributed by atoms with Crippen LogP contribution in [0.3, 0.4) is 0 Å². The van der Waals surface area contributed by atoms with Crippen molar-refractivity contribution in [2.24, 2.45) is 0 Å². The number of hydrogen-bond acceptors (Lipinski definition) is 4. The second-order valence-electron chi connectivity index (χ2n) is 4.95. The molecule has 0 aromatic heterocycles. The lowest BCUT2D eigenvalue weighted by atomic mass is 10.1. The van der Waals surface area contributed by atoms with Gasteiger partial charge in [0.15, 0.2) is 0 Å². The molecule has 122 valence electrons. The van der Waals surface area contributed by atoms with Crippen LogP contribution >= 0.6 is 0 Å². The normalized spacial score (nSPS) is 10.1. The van der Waals surface area contributed by atoms with Gasteiger partial charge in [-0.15, -0.1) is 0 Å². The number of aliphatic hydroxyl groups is 1. The van der Waals surface area contributed by atoms with Gasteiger partial charge in [0.25, 0.3) is 0 Å². The largest absolute Gasteiger partial charge is 0.457 e. The van der Waals surface area contributed by atoms with Crippen LogP contribution in [0.1, 0.15) is 12.0 Å². The minimum absolute atomic E-state index is 0.0185. The van der Waals surface area contributed by atoms with Gasteiger partial charge in [-0.1, -0.05) is 30.3 Å². The van der Waals surface area contributed by atoms with Crippen molar-refractivity contribution in [3.8, 4) is 11.5 Å². The molecule has 0 radical (unpaired) electrons. The van der Waals surface area contributed by atoms with Crippen molar-refractivity contribution in [2.45, 2.75) is 12.8 Å². The van der Waals surface area contributed by atoms with E-state index in [9.17, 15) is 4.79 Å². The van der Waals surface area contributed by atoms with E-state index in [2.05, 4.69) is 5.32 Å². The Balaban J connectivity index is 1.71. The summed E-state index contributed by atoms with van der Waals surface area (Å²) in [5, 5.41) is 11.3. The smallest absolute Gasteiger partial charge is 0.407 e. The van der Waals surface area contributed by atoms with Gasteiger partial charge in [0.1, 0.15) is 11.5 Å². The summed E-state index contributed by atoms with van der Waals surface area (Å²) in [7, 11) is 0. The highest BCUT2D eigenvalue weighted by Crippen LogP contribution is 2.21. The summed E-state index contributed by atoms with van der Waals surface area (Å²) < 4.78 is 10.6. The van der Waals surface area contributed by atoms with Crippen molar-refractivity contribution in [3.05, 3.63) is 60.2 Å². The van der Waals surface area contributed by atoms with Gasteiger partial charge in [-0.05, 0) is 36.2 Å². The lowest BCUT2D eigenvalue weighted by Gasteiger charge is -2.08. The van der Waals surface area contributed by atoms with Gasteiger partial charge in [0, 0.05) is 19.6 Å². The summed E-state index contributed by atoms with van der Waals surface area (Å²) >= 11 is 0. The van der Waals surface area contributed by atoms with Gasteiger partial charge in [-0.2, -0.15) is 0 Å². The predicted octanol–water partition coefficient (Wildman–Crippen LogP) is 3.13. The summed E-state index contributed by atoms with van der Waals surface area (Å²) in [6.45, 7) is 0.745. The first-order valence-corrected chi connectivity index (χ1v) is 7.61. The van der Waals surface area contributed by atoms with Gasteiger partial charge in [-0.25, -0.2) is 4.79 Å². The Morgan fingerprint density at radius 3 is 2.39 bits per heavy atom. The van der Waals surface area contributed by atoms with Crippen LogP contribution in [0.25, 0.3) is 0 Å². The fraction of sp³-hybridized carbons (Fsp3) is 0.278. The number of carbonyl (C=O) groups excluding carboxylic acids is 1. The van der Waals surface area contributed by atoms with Gasteiger partial charge >= 0.3 is 6.09 Å². The molecule has 0 bridgehead atoms. The van der Waals surface area contributed by atoms with Crippen LogP contribution in [-0.2, 0) is 11.2 Å². The number of nitrogens with one attached hydrogen (secondary N) is 1. The van der Waals surface area contributed by atoms with E-state index in [4.69, 9.17) is 14.6 Å². The number of aliphatic hydroxyl groups excluding tert-OH is 1. The minimum Gasteiger partial charge on any atom is -0.457 e. The predicted molar refractivity (Wildman–Crippen MR) is 87.7 cm³/mol. The Kier molecular flexibility index (Phi) is 6.94. The van der Waals surface area contributed by atoms with E-state index in [-0.39, 0.29) is 13.2 Å². The van der Waals surface area contributed by atoms with Crippen LogP contribution in [0, 0.1) is 0 Å². The van der Waals surface area contributed by atoms with E-state index < -0.39 is 6.09 Å². The second kappa shape index (κ2) is 9.48. The average Bonchev–Trinajstić information content (AvgIpc) is 2.58. The van der Waals surface area contributed by atoms with Gasteiger partial charge in [0.2, 0.25) is 0 Å². The van der Waals surface area contributed by atoms with Crippen molar-refractivity contribution >= 4 is 6.09 Å². The maximum atomic E-state index is 11.3. The van der Waals surface area contributed by atoms with Gasteiger partial charge in [0.05, 0.1) is 6.61 Å². The molecule has 2 aromatic rings. The molecule has 0 aliphatic rings. The van der Waals surface area contributed by atoms with Gasteiger partial charge < -0.3 is 19.9 Å². The zero-order valence-electron chi connectivity index (χ0n) is 12.9. The first-order valence-electron chi connectivity index (χ1n) is 7.61. The number of para-hydroxylation sites is 1. The number of hydrogen-bond donors (Lipinski definition) is 2. The summed E-state index contributed by atoms with van der Waals surface area (Å²) in [5.74, 6) is 1.57. The molecule has 2 rings (SSSR count). The van der Waals surface area contributed by atoms with Crippen molar-refractivity contribution in [1.82, 2.24) is 5.32 Å². The average molecular weight is 315 g/mol. The van der Waals surface area contributed by atoms with Crippen LogP contribution in [-0.4, -0.2) is 31.0 Å². The number of amides is 1. The lowest BCUT2D eigenvalue weighted by Crippen LogP contribution is -2.26. The Morgan fingerprint density at radius 2 is 1.70 bits per heavy atom. The third-order valence-electron chi connectivity index (χ3n) is 3.12. The summed E-state index contributed by atoms with van der Waals surface area (Å²) in [6, 6.07) is 17.3. The highest BCUT2D eigenvalue weighted by atomic mass is 16.5. The molecule has 0 spiro atoms. The fourth-order valence-electron chi connectivity index (χ4n) is 1.94. The molecule has 2 aromatic carbocycles. The summed E-state index contributed by atoms with van der Waals surface area (Å²) in [4.78, 5) is 11.3. The van der Waals surface area contributed by atoms with E-state index in [1.165, 1.54) is 0 Å². The maximum Gasteiger partial charge on any atom is 0.407 e. The molecular formula is C18H21NO4. The third-order valence-corrected chi connectivity index (χ3v) is 3.12. The molecule has 1 amide bonds. The molecule has 2 N–H and O–H groups in total. The first kappa shape index (κ1) is 16.8.